The molecular weight excluding hydrogens is 374 g/mol. The standard InChI is InChI=1S/C22H20F2N4O/c23-17-3-1-15(2-4-17)5-6-27-7-9-28(10-8-27)22(29)20-12-18(24)11-19-16(13-25)14-26-21(19)20/h1-4,11-12,14,26H,5-10H2. The first-order valence-electron chi connectivity index (χ1n) is 9.52. The highest BCUT2D eigenvalue weighted by Crippen LogP contribution is 2.24. The minimum absolute atomic E-state index is 0.237. The van der Waals surface area contributed by atoms with Crippen LogP contribution in [-0.2, 0) is 6.42 Å². The Hall–Kier alpha value is -3.24. The van der Waals surface area contributed by atoms with Crippen LogP contribution in [0.4, 0.5) is 8.78 Å². The molecule has 1 aromatic heterocycles. The Bertz CT molecular complexity index is 1080. The molecule has 1 fully saturated rings. The molecule has 1 saturated heterocycles. The lowest BCUT2D eigenvalue weighted by Crippen LogP contribution is -2.49. The second-order valence-electron chi connectivity index (χ2n) is 7.20. The summed E-state index contributed by atoms with van der Waals surface area (Å²) in [5.41, 5.74) is 2.14. The van der Waals surface area contributed by atoms with Crippen molar-refractivity contribution in [3.8, 4) is 6.07 Å². The lowest BCUT2D eigenvalue weighted by Gasteiger charge is -2.34. The molecule has 1 N–H and O–H groups in total. The third-order valence-corrected chi connectivity index (χ3v) is 5.39. The van der Waals surface area contributed by atoms with E-state index in [9.17, 15) is 13.6 Å². The van der Waals surface area contributed by atoms with Gasteiger partial charge in [0.2, 0.25) is 0 Å². The molecule has 2 heterocycles. The van der Waals surface area contributed by atoms with Gasteiger partial charge in [0.15, 0.2) is 0 Å². The predicted molar refractivity (Wildman–Crippen MR) is 105 cm³/mol. The Morgan fingerprint density at radius 2 is 1.79 bits per heavy atom. The molecule has 0 saturated carbocycles. The Balaban J connectivity index is 1.40. The van der Waals surface area contributed by atoms with Crippen molar-refractivity contribution in [2.45, 2.75) is 6.42 Å². The molecule has 0 radical (unpaired) electrons. The van der Waals surface area contributed by atoms with Crippen LogP contribution in [0.25, 0.3) is 10.9 Å². The lowest BCUT2D eigenvalue weighted by atomic mass is 10.1. The molecule has 1 aliphatic heterocycles. The average Bonchev–Trinajstić information content (AvgIpc) is 3.15. The molecule has 0 atom stereocenters. The summed E-state index contributed by atoms with van der Waals surface area (Å²) in [4.78, 5) is 19.9. The first-order chi connectivity index (χ1) is 14.0. The molecule has 3 aromatic rings. The minimum atomic E-state index is -0.533. The Labute approximate surface area is 167 Å². The molecule has 0 bridgehead atoms. The quantitative estimate of drug-likeness (QED) is 0.738. The minimum Gasteiger partial charge on any atom is -0.359 e. The van der Waals surface area contributed by atoms with E-state index in [1.165, 1.54) is 30.5 Å². The van der Waals surface area contributed by atoms with Crippen molar-refractivity contribution in [3.63, 3.8) is 0 Å². The lowest BCUT2D eigenvalue weighted by molar-refractivity contribution is 0.0640. The van der Waals surface area contributed by atoms with Crippen LogP contribution < -0.4 is 0 Å². The number of carbonyl (C=O) groups is 1. The zero-order valence-electron chi connectivity index (χ0n) is 15.8. The van der Waals surface area contributed by atoms with E-state index < -0.39 is 5.82 Å². The molecule has 29 heavy (non-hydrogen) atoms. The number of piperazine rings is 1. The van der Waals surface area contributed by atoms with E-state index >= 15 is 0 Å². The van der Waals surface area contributed by atoms with E-state index in [4.69, 9.17) is 5.26 Å². The number of rotatable bonds is 4. The summed E-state index contributed by atoms with van der Waals surface area (Å²) in [5.74, 6) is -1.01. The van der Waals surface area contributed by atoms with E-state index in [1.54, 1.807) is 17.0 Å². The Morgan fingerprint density at radius 3 is 2.48 bits per heavy atom. The van der Waals surface area contributed by atoms with Crippen molar-refractivity contribution in [2.24, 2.45) is 0 Å². The Kier molecular flexibility index (Phi) is 5.28. The highest BCUT2D eigenvalue weighted by atomic mass is 19.1. The summed E-state index contributed by atoms with van der Waals surface area (Å²) in [6.07, 6.45) is 2.31. The first kappa shape index (κ1) is 19.1. The van der Waals surface area contributed by atoms with E-state index in [0.717, 1.165) is 31.6 Å². The number of aromatic amines is 1. The highest BCUT2D eigenvalue weighted by molar-refractivity contribution is 6.07. The number of nitriles is 1. The topological polar surface area (TPSA) is 63.1 Å². The maximum atomic E-state index is 14.0. The fraction of sp³-hybridized carbons (Fsp3) is 0.273. The van der Waals surface area contributed by atoms with E-state index in [1.807, 2.05) is 6.07 Å². The van der Waals surface area contributed by atoms with Gasteiger partial charge >= 0.3 is 0 Å². The van der Waals surface area contributed by atoms with Gasteiger partial charge in [0, 0.05) is 44.3 Å². The SMILES string of the molecule is N#Cc1c[nH]c2c(C(=O)N3CCN(CCc4ccc(F)cc4)CC3)cc(F)cc12. The summed E-state index contributed by atoms with van der Waals surface area (Å²) in [7, 11) is 0. The first-order valence-corrected chi connectivity index (χ1v) is 9.52. The molecule has 1 amide bonds. The maximum absolute atomic E-state index is 14.0. The molecule has 0 aliphatic carbocycles. The largest absolute Gasteiger partial charge is 0.359 e. The van der Waals surface area contributed by atoms with Crippen LogP contribution >= 0.6 is 0 Å². The second-order valence-corrected chi connectivity index (χ2v) is 7.20. The Morgan fingerprint density at radius 1 is 1.07 bits per heavy atom. The fourth-order valence-electron chi connectivity index (χ4n) is 3.74. The summed E-state index contributed by atoms with van der Waals surface area (Å²) < 4.78 is 27.0. The van der Waals surface area contributed by atoms with Crippen LogP contribution in [0.2, 0.25) is 0 Å². The summed E-state index contributed by atoms with van der Waals surface area (Å²) in [5, 5.41) is 9.58. The zero-order chi connectivity index (χ0) is 20.4. The highest BCUT2D eigenvalue weighted by Gasteiger charge is 2.25. The molecular formula is C22H20F2N4O. The van der Waals surface area contributed by atoms with Crippen molar-refractivity contribution in [3.05, 3.63) is 70.9 Å². The van der Waals surface area contributed by atoms with Crippen LogP contribution in [0.3, 0.4) is 0 Å². The number of H-pyrrole nitrogens is 1. The van der Waals surface area contributed by atoms with E-state index in [-0.39, 0.29) is 17.3 Å². The molecule has 1 aliphatic rings. The molecule has 0 unspecified atom stereocenters. The van der Waals surface area contributed by atoms with Crippen LogP contribution in [-0.4, -0.2) is 53.4 Å². The number of fused-ring (bicyclic) bond motifs is 1. The zero-order valence-corrected chi connectivity index (χ0v) is 15.8. The maximum Gasteiger partial charge on any atom is 0.256 e. The average molecular weight is 394 g/mol. The monoisotopic (exact) mass is 394 g/mol. The van der Waals surface area contributed by atoms with Gasteiger partial charge in [0.1, 0.15) is 17.7 Å². The third kappa shape index (κ3) is 3.98. The summed E-state index contributed by atoms with van der Waals surface area (Å²) in [6, 6.07) is 11.0. The third-order valence-electron chi connectivity index (χ3n) is 5.39. The fourth-order valence-corrected chi connectivity index (χ4v) is 3.74. The van der Waals surface area contributed by atoms with Gasteiger partial charge in [-0.05, 0) is 36.2 Å². The molecule has 0 spiro atoms. The van der Waals surface area contributed by atoms with Gasteiger partial charge < -0.3 is 9.88 Å². The summed E-state index contributed by atoms with van der Waals surface area (Å²) in [6.45, 7) is 3.37. The number of benzene rings is 2. The second kappa shape index (κ2) is 8.02. The van der Waals surface area contributed by atoms with Gasteiger partial charge in [0.05, 0.1) is 16.6 Å². The predicted octanol–water partition coefficient (Wildman–Crippen LogP) is 3.32. The van der Waals surface area contributed by atoms with E-state index in [2.05, 4.69) is 9.88 Å². The number of hydrogen-bond donors (Lipinski definition) is 1. The van der Waals surface area contributed by atoms with Crippen LogP contribution in [0.5, 0.6) is 0 Å². The summed E-state index contributed by atoms with van der Waals surface area (Å²) >= 11 is 0. The smallest absolute Gasteiger partial charge is 0.256 e. The molecule has 148 valence electrons. The normalized spacial score (nSPS) is 14.9. The van der Waals surface area contributed by atoms with Crippen LogP contribution in [0, 0.1) is 23.0 Å². The van der Waals surface area contributed by atoms with Gasteiger partial charge in [-0.1, -0.05) is 12.1 Å². The van der Waals surface area contributed by atoms with Gasteiger partial charge in [-0.3, -0.25) is 9.69 Å². The van der Waals surface area contributed by atoms with Gasteiger partial charge in [-0.15, -0.1) is 0 Å². The molecule has 5 nitrogen and oxygen atoms in total. The van der Waals surface area contributed by atoms with E-state index in [0.29, 0.717) is 29.6 Å². The number of halogens is 2. The number of amides is 1. The molecule has 2 aromatic carbocycles. The van der Waals surface area contributed by atoms with Crippen molar-refractivity contribution in [1.82, 2.24) is 14.8 Å². The van der Waals surface area contributed by atoms with Crippen molar-refractivity contribution < 1.29 is 13.6 Å². The van der Waals surface area contributed by atoms with Crippen LogP contribution in [0.1, 0.15) is 21.5 Å². The van der Waals surface area contributed by atoms with Crippen LogP contribution in [0.15, 0.2) is 42.6 Å². The number of carbonyl (C=O) groups excluding carboxylic acids is 1. The van der Waals surface area contributed by atoms with Gasteiger partial charge in [-0.25, -0.2) is 8.78 Å². The molecule has 4 rings (SSSR count). The number of hydrogen-bond acceptors (Lipinski definition) is 3. The van der Waals surface area contributed by atoms with Crippen molar-refractivity contribution in [2.75, 3.05) is 32.7 Å². The van der Waals surface area contributed by atoms with Gasteiger partial charge in [-0.2, -0.15) is 5.26 Å². The number of nitrogens with one attached hydrogen (secondary N) is 1. The number of nitrogens with zero attached hydrogens (tertiary/aromatic N) is 3. The van der Waals surface area contributed by atoms with Gasteiger partial charge in [0.25, 0.3) is 5.91 Å². The number of aromatic nitrogens is 1. The van der Waals surface area contributed by atoms with Crippen molar-refractivity contribution in [1.29, 1.82) is 5.26 Å². The molecule has 7 heteroatoms. The van der Waals surface area contributed by atoms with Crippen molar-refractivity contribution >= 4 is 16.8 Å².